The highest BCUT2D eigenvalue weighted by atomic mass is 32.2. The Bertz CT molecular complexity index is 861. The van der Waals surface area contributed by atoms with Crippen molar-refractivity contribution in [1.29, 1.82) is 0 Å². The van der Waals surface area contributed by atoms with Gasteiger partial charge in [-0.15, -0.1) is 5.10 Å². The van der Waals surface area contributed by atoms with Crippen LogP contribution in [0.3, 0.4) is 0 Å². The second-order valence-corrected chi connectivity index (χ2v) is 5.86. The van der Waals surface area contributed by atoms with E-state index < -0.39 is 0 Å². The minimum atomic E-state index is -0.157. The van der Waals surface area contributed by atoms with Crippen molar-refractivity contribution in [3.63, 3.8) is 0 Å². The highest BCUT2D eigenvalue weighted by molar-refractivity contribution is 7.99. The molecule has 10 heteroatoms. The highest BCUT2D eigenvalue weighted by Crippen LogP contribution is 2.17. The first-order valence-corrected chi connectivity index (χ1v) is 8.53. The van der Waals surface area contributed by atoms with Crippen molar-refractivity contribution in [2.24, 2.45) is 5.10 Å². The largest absolute Gasteiger partial charge is 0.497 e. The maximum Gasteiger partial charge on any atom is 0.240 e. The fourth-order valence-corrected chi connectivity index (χ4v) is 2.48. The molecule has 3 N–H and O–H groups in total. The molecule has 0 spiro atoms. The number of hydrogen-bond acceptors (Lipinski definition) is 8. The molecule has 3 rings (SSSR count). The Balaban J connectivity index is 1.44. The first-order chi connectivity index (χ1) is 12.7. The standard InChI is InChI=1S/C16H16N6O3S/c1-24-12-6-4-11(5-7-12)18-14(23)10-26-16-19-15(21-22-16)20-17-9-13-3-2-8-25-13/h2-9H,10H2,1H3,(H,18,23)(H2,19,20,21,22)/b17-9-. The Labute approximate surface area is 153 Å². The van der Waals surface area contributed by atoms with Crippen molar-refractivity contribution >= 4 is 35.5 Å². The summed E-state index contributed by atoms with van der Waals surface area (Å²) in [6.07, 6.45) is 3.07. The number of rotatable bonds is 8. The summed E-state index contributed by atoms with van der Waals surface area (Å²) in [6, 6.07) is 10.6. The third kappa shape index (κ3) is 5.11. The zero-order valence-electron chi connectivity index (χ0n) is 13.8. The van der Waals surface area contributed by atoms with Gasteiger partial charge in [-0.3, -0.25) is 4.79 Å². The molecule has 1 amide bonds. The smallest absolute Gasteiger partial charge is 0.240 e. The SMILES string of the molecule is COc1ccc(NC(=O)CSc2n[nH]c(N/N=C\c3ccco3)n2)cc1. The maximum absolute atomic E-state index is 12.0. The predicted molar refractivity (Wildman–Crippen MR) is 98.7 cm³/mol. The van der Waals surface area contributed by atoms with Crippen molar-refractivity contribution in [1.82, 2.24) is 15.2 Å². The van der Waals surface area contributed by atoms with Crippen LogP contribution in [-0.2, 0) is 4.79 Å². The lowest BCUT2D eigenvalue weighted by Crippen LogP contribution is -2.14. The van der Waals surface area contributed by atoms with E-state index in [2.05, 4.69) is 31.0 Å². The van der Waals surface area contributed by atoms with E-state index in [0.717, 1.165) is 5.75 Å². The summed E-state index contributed by atoms with van der Waals surface area (Å²) in [5.74, 6) is 1.73. The molecule has 0 aliphatic carbocycles. The summed E-state index contributed by atoms with van der Waals surface area (Å²) in [6.45, 7) is 0. The zero-order chi connectivity index (χ0) is 18.2. The quantitative estimate of drug-likeness (QED) is 0.316. The number of benzene rings is 1. The number of aromatic amines is 1. The van der Waals surface area contributed by atoms with Crippen LogP contribution >= 0.6 is 11.8 Å². The van der Waals surface area contributed by atoms with Crippen LogP contribution in [0.25, 0.3) is 0 Å². The van der Waals surface area contributed by atoms with E-state index in [0.29, 0.717) is 22.6 Å². The summed E-state index contributed by atoms with van der Waals surface area (Å²) in [7, 11) is 1.59. The molecule has 0 aliphatic heterocycles. The lowest BCUT2D eigenvalue weighted by atomic mass is 10.3. The second-order valence-electron chi connectivity index (χ2n) is 4.92. The maximum atomic E-state index is 12.0. The number of hydrogen-bond donors (Lipinski definition) is 3. The van der Waals surface area contributed by atoms with Gasteiger partial charge in [0.05, 0.1) is 25.3 Å². The molecule has 26 heavy (non-hydrogen) atoms. The Kier molecular flexibility index (Phi) is 5.88. The number of anilines is 2. The van der Waals surface area contributed by atoms with E-state index in [9.17, 15) is 4.79 Å². The highest BCUT2D eigenvalue weighted by Gasteiger charge is 2.08. The van der Waals surface area contributed by atoms with Crippen LogP contribution in [0.4, 0.5) is 11.6 Å². The number of carbonyl (C=O) groups excluding carboxylic acids is 1. The molecule has 0 radical (unpaired) electrons. The number of amides is 1. The van der Waals surface area contributed by atoms with Crippen molar-refractivity contribution in [2.75, 3.05) is 23.6 Å². The molecule has 1 aromatic carbocycles. The summed E-state index contributed by atoms with van der Waals surface area (Å²) in [4.78, 5) is 16.1. The molecule has 3 aromatic rings. The predicted octanol–water partition coefficient (Wildman–Crippen LogP) is 2.58. The fraction of sp³-hybridized carbons (Fsp3) is 0.125. The number of carbonyl (C=O) groups is 1. The van der Waals surface area contributed by atoms with Gasteiger partial charge in [-0.05, 0) is 36.4 Å². The summed E-state index contributed by atoms with van der Waals surface area (Å²) in [5, 5.41) is 13.9. The first-order valence-electron chi connectivity index (χ1n) is 7.54. The van der Waals surface area contributed by atoms with Crippen LogP contribution in [0, 0.1) is 0 Å². The molecule has 0 atom stereocenters. The van der Waals surface area contributed by atoms with E-state index in [1.165, 1.54) is 18.0 Å². The van der Waals surface area contributed by atoms with E-state index in [-0.39, 0.29) is 11.7 Å². The van der Waals surface area contributed by atoms with Gasteiger partial charge in [0.25, 0.3) is 0 Å². The number of thioether (sulfide) groups is 1. The van der Waals surface area contributed by atoms with Gasteiger partial charge in [-0.25, -0.2) is 10.5 Å². The Morgan fingerprint density at radius 1 is 1.38 bits per heavy atom. The summed E-state index contributed by atoms with van der Waals surface area (Å²) in [5.41, 5.74) is 3.39. The van der Waals surface area contributed by atoms with Crippen LogP contribution in [0.1, 0.15) is 5.76 Å². The number of furan rings is 1. The molecular formula is C16H16N6O3S. The van der Waals surface area contributed by atoms with Crippen LogP contribution in [0.15, 0.2) is 57.3 Å². The number of methoxy groups -OCH3 is 1. The van der Waals surface area contributed by atoms with Crippen molar-refractivity contribution in [2.45, 2.75) is 5.16 Å². The molecule has 0 bridgehead atoms. The Hall–Kier alpha value is -3.27. The topological polar surface area (TPSA) is 117 Å². The Morgan fingerprint density at radius 3 is 2.96 bits per heavy atom. The van der Waals surface area contributed by atoms with Crippen LogP contribution < -0.4 is 15.5 Å². The van der Waals surface area contributed by atoms with E-state index in [1.54, 1.807) is 49.8 Å². The van der Waals surface area contributed by atoms with E-state index >= 15 is 0 Å². The molecule has 2 heterocycles. The van der Waals surface area contributed by atoms with Crippen LogP contribution in [0.5, 0.6) is 5.75 Å². The van der Waals surface area contributed by atoms with Crippen molar-refractivity contribution < 1.29 is 13.9 Å². The normalized spacial score (nSPS) is 10.8. The number of ether oxygens (including phenoxy) is 1. The third-order valence-corrected chi connectivity index (χ3v) is 3.92. The Morgan fingerprint density at radius 2 is 2.23 bits per heavy atom. The number of nitrogens with zero attached hydrogens (tertiary/aromatic N) is 3. The molecule has 0 saturated carbocycles. The van der Waals surface area contributed by atoms with Gasteiger partial charge in [0, 0.05) is 5.69 Å². The number of hydrazone groups is 1. The fourth-order valence-electron chi connectivity index (χ4n) is 1.88. The average Bonchev–Trinajstić information content (AvgIpc) is 3.33. The van der Waals surface area contributed by atoms with Gasteiger partial charge in [0.2, 0.25) is 17.0 Å². The van der Waals surface area contributed by atoms with Gasteiger partial charge in [0.1, 0.15) is 11.5 Å². The van der Waals surface area contributed by atoms with Gasteiger partial charge >= 0.3 is 0 Å². The van der Waals surface area contributed by atoms with Gasteiger partial charge in [0.15, 0.2) is 0 Å². The van der Waals surface area contributed by atoms with Crippen LogP contribution in [-0.4, -0.2) is 40.2 Å². The third-order valence-electron chi connectivity index (χ3n) is 3.08. The molecule has 9 nitrogen and oxygen atoms in total. The van der Waals surface area contributed by atoms with Gasteiger partial charge in [-0.1, -0.05) is 11.8 Å². The minimum Gasteiger partial charge on any atom is -0.497 e. The van der Waals surface area contributed by atoms with Crippen molar-refractivity contribution in [3.05, 3.63) is 48.4 Å². The second kappa shape index (κ2) is 8.72. The van der Waals surface area contributed by atoms with Crippen molar-refractivity contribution in [3.8, 4) is 5.75 Å². The summed E-state index contributed by atoms with van der Waals surface area (Å²) >= 11 is 1.21. The molecule has 0 unspecified atom stereocenters. The van der Waals surface area contributed by atoms with E-state index in [4.69, 9.17) is 9.15 Å². The van der Waals surface area contributed by atoms with Crippen LogP contribution in [0.2, 0.25) is 0 Å². The minimum absolute atomic E-state index is 0.157. The van der Waals surface area contributed by atoms with Gasteiger partial charge in [-0.2, -0.15) is 10.1 Å². The molecule has 134 valence electrons. The number of H-pyrrole nitrogens is 1. The lowest BCUT2D eigenvalue weighted by Gasteiger charge is -2.05. The zero-order valence-corrected chi connectivity index (χ0v) is 14.6. The number of nitrogens with one attached hydrogen (secondary N) is 3. The molecular weight excluding hydrogens is 356 g/mol. The first kappa shape index (κ1) is 17.5. The average molecular weight is 372 g/mol. The monoisotopic (exact) mass is 372 g/mol. The molecule has 0 fully saturated rings. The molecule has 2 aromatic heterocycles. The van der Waals surface area contributed by atoms with E-state index in [1.807, 2.05) is 0 Å². The summed E-state index contributed by atoms with van der Waals surface area (Å²) < 4.78 is 10.2. The number of aromatic nitrogens is 3. The molecule has 0 saturated heterocycles. The van der Waals surface area contributed by atoms with Gasteiger partial charge < -0.3 is 14.5 Å². The molecule has 0 aliphatic rings. The lowest BCUT2D eigenvalue weighted by molar-refractivity contribution is -0.113.